The largest absolute Gasteiger partial charge is 0.330 e. The van der Waals surface area contributed by atoms with Gasteiger partial charge in [-0.2, -0.15) is 0 Å². The molecule has 0 atom stereocenters. The summed E-state index contributed by atoms with van der Waals surface area (Å²) in [7, 11) is 0. The molecule has 0 amide bonds. The van der Waals surface area contributed by atoms with Crippen LogP contribution in [0.2, 0.25) is 0 Å². The molecule has 18 heavy (non-hydrogen) atoms. The van der Waals surface area contributed by atoms with Crippen LogP contribution in [0.1, 0.15) is 10.4 Å². The monoisotopic (exact) mass is 279 g/mol. The fourth-order valence-corrected chi connectivity index (χ4v) is 2.77. The average molecular weight is 279 g/mol. The lowest BCUT2D eigenvalue weighted by atomic mass is 10.2. The lowest BCUT2D eigenvalue weighted by Gasteiger charge is -2.03. The van der Waals surface area contributed by atoms with Crippen molar-refractivity contribution in [2.45, 2.75) is 13.5 Å². The second-order valence-corrected chi connectivity index (χ2v) is 5.46. The van der Waals surface area contributed by atoms with Crippen LogP contribution in [0.4, 0.5) is 4.39 Å². The fraction of sp³-hybridized carbons (Fsp3) is 0.167. The number of thiazole rings is 1. The number of halogens is 1. The molecule has 0 unspecified atom stereocenters. The summed E-state index contributed by atoms with van der Waals surface area (Å²) in [6.45, 7) is 2.41. The molecule has 0 aliphatic heterocycles. The molecule has 0 spiro atoms. The fourth-order valence-electron chi connectivity index (χ4n) is 1.91. The second kappa shape index (κ2) is 4.29. The number of benzene rings is 1. The van der Waals surface area contributed by atoms with Gasteiger partial charge in [0.2, 0.25) is 0 Å². The number of hydrogen-bond acceptors (Lipinski definition) is 3. The van der Waals surface area contributed by atoms with Crippen molar-refractivity contribution in [1.29, 1.82) is 0 Å². The van der Waals surface area contributed by atoms with Crippen LogP contribution < -0.4 is 0 Å². The number of rotatable bonds is 2. The maximum Gasteiger partial charge on any atom is 0.178 e. The molecule has 3 aromatic rings. The van der Waals surface area contributed by atoms with E-state index in [1.54, 1.807) is 23.8 Å². The minimum absolute atomic E-state index is 0.219. The Kier molecular flexibility index (Phi) is 2.76. The van der Waals surface area contributed by atoms with Gasteiger partial charge in [-0.05, 0) is 36.8 Å². The molecular formula is C12H10FN3S2. The number of hydrogen-bond donors (Lipinski definition) is 1. The van der Waals surface area contributed by atoms with E-state index in [1.165, 1.54) is 6.07 Å². The number of nitrogens with one attached hydrogen (secondary N) is 1. The van der Waals surface area contributed by atoms with Crippen molar-refractivity contribution < 1.29 is 4.39 Å². The highest BCUT2D eigenvalue weighted by atomic mass is 32.1. The summed E-state index contributed by atoms with van der Waals surface area (Å²) in [6, 6.07) is 3.31. The predicted molar refractivity (Wildman–Crippen MR) is 73.0 cm³/mol. The van der Waals surface area contributed by atoms with Crippen LogP contribution in [0.15, 0.2) is 23.8 Å². The molecule has 0 radical (unpaired) electrons. The number of H-pyrrole nitrogens is 1. The molecule has 3 rings (SSSR count). The highest BCUT2D eigenvalue weighted by molar-refractivity contribution is 7.71. The van der Waals surface area contributed by atoms with Gasteiger partial charge in [-0.25, -0.2) is 4.39 Å². The number of fused-ring (bicyclic) bond motifs is 1. The van der Waals surface area contributed by atoms with E-state index in [-0.39, 0.29) is 5.82 Å². The van der Waals surface area contributed by atoms with Crippen LogP contribution in [0.25, 0.3) is 11.0 Å². The topological polar surface area (TPSA) is 33.6 Å². The Morgan fingerprint density at radius 3 is 3.06 bits per heavy atom. The molecule has 0 aliphatic carbocycles. The summed E-state index contributed by atoms with van der Waals surface area (Å²) in [5.41, 5.74) is 4.06. The predicted octanol–water partition coefficient (Wildman–Crippen LogP) is 3.65. The van der Waals surface area contributed by atoms with Crippen molar-refractivity contribution in [2.24, 2.45) is 0 Å². The van der Waals surface area contributed by atoms with Crippen molar-refractivity contribution in [3.63, 3.8) is 0 Å². The Morgan fingerprint density at radius 1 is 1.50 bits per heavy atom. The third kappa shape index (κ3) is 1.87. The zero-order chi connectivity index (χ0) is 12.7. The SMILES string of the molecule is Cc1cc2c(cc1F)[nH]c(=S)n2Cc1cncs1. The van der Waals surface area contributed by atoms with Gasteiger partial charge < -0.3 is 9.55 Å². The number of aromatic nitrogens is 3. The molecule has 2 heterocycles. The third-order valence-electron chi connectivity index (χ3n) is 2.85. The first kappa shape index (κ1) is 11.6. The Morgan fingerprint density at radius 2 is 2.33 bits per heavy atom. The van der Waals surface area contributed by atoms with Gasteiger partial charge in [0.05, 0.1) is 23.1 Å². The van der Waals surface area contributed by atoms with Crippen molar-refractivity contribution in [1.82, 2.24) is 14.5 Å². The first-order chi connectivity index (χ1) is 8.65. The van der Waals surface area contributed by atoms with Gasteiger partial charge >= 0.3 is 0 Å². The first-order valence-corrected chi connectivity index (χ1v) is 6.70. The number of aryl methyl sites for hydroxylation is 1. The highest BCUT2D eigenvalue weighted by Gasteiger charge is 2.09. The molecule has 3 nitrogen and oxygen atoms in total. The molecule has 0 aliphatic rings. The first-order valence-electron chi connectivity index (χ1n) is 5.41. The van der Waals surface area contributed by atoms with E-state index in [0.717, 1.165) is 15.9 Å². The van der Waals surface area contributed by atoms with Crippen LogP contribution >= 0.6 is 23.6 Å². The molecule has 2 aromatic heterocycles. The molecule has 0 bridgehead atoms. The quantitative estimate of drug-likeness (QED) is 0.726. The lowest BCUT2D eigenvalue weighted by molar-refractivity contribution is 0.620. The van der Waals surface area contributed by atoms with Crippen LogP contribution in [-0.4, -0.2) is 14.5 Å². The Labute approximate surface area is 112 Å². The Bertz CT molecular complexity index is 756. The smallest absolute Gasteiger partial charge is 0.178 e. The summed E-state index contributed by atoms with van der Waals surface area (Å²) >= 11 is 6.86. The van der Waals surface area contributed by atoms with E-state index in [1.807, 2.05) is 16.8 Å². The van der Waals surface area contributed by atoms with Gasteiger partial charge in [0.25, 0.3) is 0 Å². The summed E-state index contributed by atoms with van der Waals surface area (Å²) in [6.07, 6.45) is 1.82. The summed E-state index contributed by atoms with van der Waals surface area (Å²) in [5.74, 6) is -0.219. The normalized spacial score (nSPS) is 11.2. The molecule has 1 N–H and O–H groups in total. The van der Waals surface area contributed by atoms with Gasteiger partial charge in [0.1, 0.15) is 5.82 Å². The van der Waals surface area contributed by atoms with Crippen LogP contribution in [-0.2, 0) is 6.54 Å². The Balaban J connectivity index is 2.19. The average Bonchev–Trinajstić information content (AvgIpc) is 2.92. The lowest BCUT2D eigenvalue weighted by Crippen LogP contribution is -1.98. The highest BCUT2D eigenvalue weighted by Crippen LogP contribution is 2.20. The van der Waals surface area contributed by atoms with Gasteiger partial charge in [-0.15, -0.1) is 11.3 Å². The van der Waals surface area contributed by atoms with Gasteiger partial charge in [-0.3, -0.25) is 4.98 Å². The maximum atomic E-state index is 13.5. The van der Waals surface area contributed by atoms with E-state index in [0.29, 0.717) is 16.9 Å². The summed E-state index contributed by atoms with van der Waals surface area (Å²) in [5, 5.41) is 0. The van der Waals surface area contributed by atoms with E-state index < -0.39 is 0 Å². The number of nitrogens with zero attached hydrogens (tertiary/aromatic N) is 2. The van der Waals surface area contributed by atoms with Crippen molar-refractivity contribution in [3.05, 3.63) is 44.9 Å². The van der Waals surface area contributed by atoms with Gasteiger partial charge in [0.15, 0.2) is 4.77 Å². The number of aromatic amines is 1. The zero-order valence-electron chi connectivity index (χ0n) is 9.61. The van der Waals surface area contributed by atoms with E-state index >= 15 is 0 Å². The molecule has 0 saturated carbocycles. The van der Waals surface area contributed by atoms with Crippen LogP contribution in [0.5, 0.6) is 0 Å². The molecule has 1 aromatic carbocycles. The van der Waals surface area contributed by atoms with Gasteiger partial charge in [-0.1, -0.05) is 0 Å². The van der Waals surface area contributed by atoms with Crippen molar-refractivity contribution in [3.8, 4) is 0 Å². The molecular weight excluding hydrogens is 269 g/mol. The van der Waals surface area contributed by atoms with E-state index in [2.05, 4.69) is 9.97 Å². The minimum atomic E-state index is -0.219. The maximum absolute atomic E-state index is 13.5. The zero-order valence-corrected chi connectivity index (χ0v) is 11.2. The molecule has 6 heteroatoms. The molecule has 0 saturated heterocycles. The van der Waals surface area contributed by atoms with E-state index in [9.17, 15) is 4.39 Å². The van der Waals surface area contributed by atoms with Crippen molar-refractivity contribution in [2.75, 3.05) is 0 Å². The summed E-state index contributed by atoms with van der Waals surface area (Å²) < 4.78 is 16.1. The second-order valence-electron chi connectivity index (χ2n) is 4.10. The van der Waals surface area contributed by atoms with Crippen LogP contribution in [0, 0.1) is 17.5 Å². The Hall–Kier alpha value is -1.53. The van der Waals surface area contributed by atoms with Crippen molar-refractivity contribution >= 4 is 34.6 Å². The minimum Gasteiger partial charge on any atom is -0.330 e. The third-order valence-corrected chi connectivity index (χ3v) is 3.94. The standard InChI is InChI=1S/C12H10FN3S2/c1-7-2-11-10(3-9(7)13)15-12(17)16(11)5-8-4-14-6-18-8/h2-4,6H,5H2,1H3,(H,15,17). The molecule has 92 valence electrons. The number of imidazole rings is 1. The van der Waals surface area contributed by atoms with Crippen LogP contribution in [0.3, 0.4) is 0 Å². The molecule has 0 fully saturated rings. The van der Waals surface area contributed by atoms with E-state index in [4.69, 9.17) is 12.2 Å². The summed E-state index contributed by atoms with van der Waals surface area (Å²) in [4.78, 5) is 8.19. The van der Waals surface area contributed by atoms with Gasteiger partial charge in [0, 0.05) is 11.1 Å².